The molecule has 2 rings (SSSR count). The van der Waals surface area contributed by atoms with E-state index in [9.17, 15) is 14.3 Å². The maximum Gasteiger partial charge on any atom is 0.258 e. The Hall–Kier alpha value is -1.66. The van der Waals surface area contributed by atoms with Crippen LogP contribution >= 0.6 is 0 Å². The summed E-state index contributed by atoms with van der Waals surface area (Å²) < 4.78 is 18.8. The molecule has 0 bridgehead atoms. The van der Waals surface area contributed by atoms with Gasteiger partial charge in [0.2, 0.25) is 0 Å². The van der Waals surface area contributed by atoms with Crippen molar-refractivity contribution in [3.63, 3.8) is 0 Å². The van der Waals surface area contributed by atoms with Crippen molar-refractivity contribution in [1.29, 1.82) is 0 Å². The van der Waals surface area contributed by atoms with Crippen LogP contribution in [-0.2, 0) is 4.74 Å². The van der Waals surface area contributed by atoms with Gasteiger partial charge in [0.25, 0.3) is 5.91 Å². The molecule has 0 radical (unpaired) electrons. The molecule has 1 aliphatic heterocycles. The lowest BCUT2D eigenvalue weighted by molar-refractivity contribution is 0.0286. The molecule has 1 atom stereocenters. The molecule has 1 aromatic rings. The van der Waals surface area contributed by atoms with Gasteiger partial charge in [0.05, 0.1) is 12.7 Å². The van der Waals surface area contributed by atoms with Crippen molar-refractivity contribution in [3.05, 3.63) is 29.6 Å². The average Bonchev–Trinajstić information content (AvgIpc) is 2.37. The third kappa shape index (κ3) is 2.96. The van der Waals surface area contributed by atoms with Gasteiger partial charge in [-0.25, -0.2) is 4.39 Å². The number of phenols is 1. The van der Waals surface area contributed by atoms with E-state index in [0.717, 1.165) is 12.6 Å². The van der Waals surface area contributed by atoms with E-state index in [-0.39, 0.29) is 24.0 Å². The van der Waals surface area contributed by atoms with Crippen molar-refractivity contribution in [2.24, 2.45) is 0 Å². The normalized spacial score (nSPS) is 19.5. The Kier molecular flexibility index (Phi) is 4.11. The van der Waals surface area contributed by atoms with Crippen LogP contribution in [0.2, 0.25) is 0 Å². The molecule has 3 N–H and O–H groups in total. The molecule has 0 aromatic heterocycles. The fourth-order valence-corrected chi connectivity index (χ4v) is 1.78. The van der Waals surface area contributed by atoms with E-state index in [1.807, 2.05) is 0 Å². The third-order valence-corrected chi connectivity index (χ3v) is 2.71. The number of carbonyl (C=O) groups is 1. The Bertz CT molecular complexity index is 413. The van der Waals surface area contributed by atoms with Crippen LogP contribution < -0.4 is 10.6 Å². The van der Waals surface area contributed by atoms with Crippen molar-refractivity contribution >= 4 is 5.91 Å². The van der Waals surface area contributed by atoms with Gasteiger partial charge in [-0.05, 0) is 12.1 Å². The van der Waals surface area contributed by atoms with Gasteiger partial charge < -0.3 is 20.5 Å². The molecule has 0 saturated carbocycles. The molecule has 1 unspecified atom stereocenters. The fourth-order valence-electron chi connectivity index (χ4n) is 1.78. The first-order chi connectivity index (χ1) is 8.68. The number of halogens is 1. The molecule has 1 fully saturated rings. The summed E-state index contributed by atoms with van der Waals surface area (Å²) in [5.74, 6) is -1.75. The lowest BCUT2D eigenvalue weighted by Crippen LogP contribution is -2.45. The van der Waals surface area contributed by atoms with Gasteiger partial charge >= 0.3 is 0 Å². The van der Waals surface area contributed by atoms with E-state index in [1.54, 1.807) is 0 Å². The van der Waals surface area contributed by atoms with E-state index >= 15 is 0 Å². The summed E-state index contributed by atoms with van der Waals surface area (Å²) >= 11 is 0. The van der Waals surface area contributed by atoms with Crippen LogP contribution in [0.25, 0.3) is 0 Å². The van der Waals surface area contributed by atoms with Gasteiger partial charge in [0.15, 0.2) is 0 Å². The Morgan fingerprint density at radius 1 is 1.61 bits per heavy atom. The van der Waals surface area contributed by atoms with Crippen molar-refractivity contribution in [2.45, 2.75) is 6.10 Å². The topological polar surface area (TPSA) is 70.6 Å². The Balaban J connectivity index is 1.95. The Morgan fingerprint density at radius 3 is 3.11 bits per heavy atom. The minimum absolute atomic E-state index is 0.128. The molecular weight excluding hydrogens is 239 g/mol. The van der Waals surface area contributed by atoms with Crippen molar-refractivity contribution < 1.29 is 19.0 Å². The zero-order valence-electron chi connectivity index (χ0n) is 9.78. The van der Waals surface area contributed by atoms with Crippen molar-refractivity contribution in [3.8, 4) is 5.75 Å². The molecule has 1 saturated heterocycles. The predicted molar refractivity (Wildman–Crippen MR) is 63.0 cm³/mol. The van der Waals surface area contributed by atoms with Crippen molar-refractivity contribution in [2.75, 3.05) is 26.2 Å². The standard InChI is InChI=1S/C12H15FN2O3/c13-9-2-1-3-10(16)11(9)12(17)15-7-8-6-14-4-5-18-8/h1-3,8,14,16H,4-7H2,(H,15,17). The number of rotatable bonds is 3. The lowest BCUT2D eigenvalue weighted by atomic mass is 10.1. The molecule has 1 heterocycles. The highest BCUT2D eigenvalue weighted by Crippen LogP contribution is 2.19. The highest BCUT2D eigenvalue weighted by atomic mass is 19.1. The predicted octanol–water partition coefficient (Wildman–Crippen LogP) is 0.249. The summed E-state index contributed by atoms with van der Waals surface area (Å²) in [5, 5.41) is 15.1. The molecule has 18 heavy (non-hydrogen) atoms. The molecule has 0 aliphatic carbocycles. The highest BCUT2D eigenvalue weighted by Gasteiger charge is 2.19. The van der Waals surface area contributed by atoms with Crippen LogP contribution in [0, 0.1) is 5.82 Å². The van der Waals surface area contributed by atoms with E-state index in [0.29, 0.717) is 13.2 Å². The van der Waals surface area contributed by atoms with E-state index in [1.165, 1.54) is 12.1 Å². The van der Waals surface area contributed by atoms with Gasteiger partial charge in [-0.3, -0.25) is 4.79 Å². The smallest absolute Gasteiger partial charge is 0.258 e. The number of morpholine rings is 1. The first kappa shape index (κ1) is 12.8. The zero-order valence-corrected chi connectivity index (χ0v) is 9.78. The quantitative estimate of drug-likeness (QED) is 0.723. The van der Waals surface area contributed by atoms with Crippen LogP contribution in [-0.4, -0.2) is 43.4 Å². The summed E-state index contributed by atoms with van der Waals surface area (Å²) in [4.78, 5) is 11.7. The van der Waals surface area contributed by atoms with Gasteiger partial charge in [-0.2, -0.15) is 0 Å². The van der Waals surface area contributed by atoms with Crippen LogP contribution in [0.4, 0.5) is 4.39 Å². The average molecular weight is 254 g/mol. The number of carbonyl (C=O) groups excluding carboxylic acids is 1. The Morgan fingerprint density at radius 2 is 2.44 bits per heavy atom. The lowest BCUT2D eigenvalue weighted by Gasteiger charge is -2.23. The second-order valence-corrected chi connectivity index (χ2v) is 4.04. The second-order valence-electron chi connectivity index (χ2n) is 4.04. The molecule has 1 aromatic carbocycles. The maximum absolute atomic E-state index is 13.4. The molecule has 5 nitrogen and oxygen atoms in total. The molecule has 1 aliphatic rings. The van der Waals surface area contributed by atoms with E-state index in [2.05, 4.69) is 10.6 Å². The zero-order chi connectivity index (χ0) is 13.0. The highest BCUT2D eigenvalue weighted by molar-refractivity contribution is 5.97. The van der Waals surface area contributed by atoms with Crippen LogP contribution in [0.1, 0.15) is 10.4 Å². The number of nitrogens with one attached hydrogen (secondary N) is 2. The number of aromatic hydroxyl groups is 1. The summed E-state index contributed by atoms with van der Waals surface area (Å²) in [6.07, 6.45) is -0.128. The molecule has 0 spiro atoms. The summed E-state index contributed by atoms with van der Waals surface area (Å²) in [7, 11) is 0. The summed E-state index contributed by atoms with van der Waals surface area (Å²) in [6.45, 7) is 2.30. The second kappa shape index (κ2) is 5.79. The number of amides is 1. The van der Waals surface area contributed by atoms with Crippen LogP contribution in [0.15, 0.2) is 18.2 Å². The molecule has 1 amide bonds. The Labute approximate surface area is 104 Å². The van der Waals surface area contributed by atoms with E-state index in [4.69, 9.17) is 4.74 Å². The maximum atomic E-state index is 13.4. The van der Waals surface area contributed by atoms with Gasteiger partial charge in [-0.15, -0.1) is 0 Å². The first-order valence-electron chi connectivity index (χ1n) is 5.76. The molecular formula is C12H15FN2O3. The van der Waals surface area contributed by atoms with Crippen molar-refractivity contribution in [1.82, 2.24) is 10.6 Å². The number of hydrogen-bond donors (Lipinski definition) is 3. The number of benzene rings is 1. The summed E-state index contributed by atoms with van der Waals surface area (Å²) in [5.41, 5.74) is -0.332. The first-order valence-corrected chi connectivity index (χ1v) is 5.76. The molecule has 6 heteroatoms. The van der Waals surface area contributed by atoms with Crippen LogP contribution in [0.3, 0.4) is 0 Å². The monoisotopic (exact) mass is 254 g/mol. The minimum Gasteiger partial charge on any atom is -0.507 e. The number of hydrogen-bond acceptors (Lipinski definition) is 4. The fraction of sp³-hybridized carbons (Fsp3) is 0.417. The number of ether oxygens (including phenoxy) is 1. The van der Waals surface area contributed by atoms with E-state index < -0.39 is 11.7 Å². The largest absolute Gasteiger partial charge is 0.507 e. The van der Waals surface area contributed by atoms with Gasteiger partial charge in [-0.1, -0.05) is 6.07 Å². The van der Waals surface area contributed by atoms with Crippen LogP contribution in [0.5, 0.6) is 5.75 Å². The van der Waals surface area contributed by atoms with Gasteiger partial charge in [0.1, 0.15) is 17.1 Å². The summed E-state index contributed by atoms with van der Waals surface area (Å²) in [6, 6.07) is 3.75. The SMILES string of the molecule is O=C(NCC1CNCCO1)c1c(O)cccc1F. The molecule has 98 valence electrons. The number of phenolic OH excluding ortho intramolecular Hbond substituents is 1. The van der Waals surface area contributed by atoms with Gasteiger partial charge in [0, 0.05) is 19.6 Å². The third-order valence-electron chi connectivity index (χ3n) is 2.71. The minimum atomic E-state index is -0.741.